The van der Waals surface area contributed by atoms with E-state index in [1.165, 1.54) is 6.42 Å². The number of anilines is 1. The van der Waals surface area contributed by atoms with Crippen molar-refractivity contribution in [2.24, 2.45) is 0 Å². The van der Waals surface area contributed by atoms with Crippen molar-refractivity contribution >= 4 is 21.7 Å². The molecular formula is C15H24BrN3O. The van der Waals surface area contributed by atoms with Crippen LogP contribution >= 0.6 is 15.9 Å². The summed E-state index contributed by atoms with van der Waals surface area (Å²) in [5, 5.41) is 0. The van der Waals surface area contributed by atoms with Gasteiger partial charge in [-0.05, 0) is 41.4 Å². The Balaban J connectivity index is 1.92. The fraction of sp³-hybridized carbons (Fsp3) is 0.667. The molecule has 0 unspecified atom stereocenters. The summed E-state index contributed by atoms with van der Waals surface area (Å²) < 4.78 is 6.51. The lowest BCUT2D eigenvalue weighted by molar-refractivity contribution is 0.0869. The first-order valence-corrected chi connectivity index (χ1v) is 8.22. The first-order chi connectivity index (χ1) is 9.74. The lowest BCUT2D eigenvalue weighted by Crippen LogP contribution is -2.54. The van der Waals surface area contributed by atoms with Crippen molar-refractivity contribution in [1.82, 2.24) is 9.88 Å². The predicted octanol–water partition coefficient (Wildman–Crippen LogP) is 2.78. The molecule has 1 saturated heterocycles. The monoisotopic (exact) mass is 341 g/mol. The van der Waals surface area contributed by atoms with Crippen LogP contribution in [0.5, 0.6) is 0 Å². The lowest BCUT2D eigenvalue weighted by atomic mass is 10.1. The van der Waals surface area contributed by atoms with Gasteiger partial charge in [0.25, 0.3) is 0 Å². The zero-order chi connectivity index (χ0) is 14.4. The van der Waals surface area contributed by atoms with Crippen LogP contribution in [0.3, 0.4) is 0 Å². The highest BCUT2D eigenvalue weighted by Gasteiger charge is 2.25. The van der Waals surface area contributed by atoms with Crippen molar-refractivity contribution in [2.75, 3.05) is 44.3 Å². The summed E-state index contributed by atoms with van der Waals surface area (Å²) in [6.07, 6.45) is 3.04. The maximum atomic E-state index is 5.48. The van der Waals surface area contributed by atoms with Gasteiger partial charge in [0.1, 0.15) is 5.82 Å². The second-order valence-corrected chi connectivity index (χ2v) is 5.99. The Morgan fingerprint density at radius 1 is 1.35 bits per heavy atom. The average molecular weight is 342 g/mol. The summed E-state index contributed by atoms with van der Waals surface area (Å²) in [5.74, 6) is 1.08. The molecule has 0 amide bonds. The molecule has 1 fully saturated rings. The smallest absolute Gasteiger partial charge is 0.128 e. The van der Waals surface area contributed by atoms with Crippen LogP contribution in [0.2, 0.25) is 0 Å². The summed E-state index contributed by atoms with van der Waals surface area (Å²) in [6.45, 7) is 10.2. The van der Waals surface area contributed by atoms with E-state index in [1.807, 2.05) is 6.20 Å². The Kier molecular flexibility index (Phi) is 6.26. The third-order valence-corrected chi connectivity index (χ3v) is 4.31. The number of nitrogens with zero attached hydrogens (tertiary/aromatic N) is 3. The number of rotatable bonds is 6. The molecule has 0 spiro atoms. The first kappa shape index (κ1) is 15.7. The molecule has 1 aliphatic heterocycles. The molecule has 20 heavy (non-hydrogen) atoms. The van der Waals surface area contributed by atoms with Gasteiger partial charge in [0.05, 0.1) is 6.61 Å². The van der Waals surface area contributed by atoms with Crippen LogP contribution in [0, 0.1) is 0 Å². The van der Waals surface area contributed by atoms with Gasteiger partial charge in [0.15, 0.2) is 0 Å². The lowest BCUT2D eigenvalue weighted by Gasteiger charge is -2.41. The molecule has 0 bridgehead atoms. The van der Waals surface area contributed by atoms with Gasteiger partial charge in [0.2, 0.25) is 0 Å². The van der Waals surface area contributed by atoms with Crippen molar-refractivity contribution in [1.29, 1.82) is 0 Å². The molecule has 4 nitrogen and oxygen atoms in total. The normalized spacial score (nSPS) is 20.4. The highest BCUT2D eigenvalue weighted by molar-refractivity contribution is 9.10. The van der Waals surface area contributed by atoms with Crippen LogP contribution in [0.4, 0.5) is 5.82 Å². The van der Waals surface area contributed by atoms with Crippen LogP contribution in [0.15, 0.2) is 22.8 Å². The van der Waals surface area contributed by atoms with Gasteiger partial charge in [-0.15, -0.1) is 0 Å². The highest BCUT2D eigenvalue weighted by Crippen LogP contribution is 2.20. The summed E-state index contributed by atoms with van der Waals surface area (Å²) in [6, 6.07) is 4.74. The predicted molar refractivity (Wildman–Crippen MR) is 86.3 cm³/mol. The van der Waals surface area contributed by atoms with Crippen LogP contribution in [-0.2, 0) is 4.74 Å². The molecule has 2 heterocycles. The molecule has 2 rings (SSSR count). The van der Waals surface area contributed by atoms with Crippen molar-refractivity contribution in [3.8, 4) is 0 Å². The van der Waals surface area contributed by atoms with Gasteiger partial charge < -0.3 is 9.64 Å². The SMILES string of the molecule is CCOCCN1CCN(c2ccc(Br)cn2)C[C@@H]1CC. The van der Waals surface area contributed by atoms with Gasteiger partial charge in [0, 0.05) is 49.5 Å². The maximum absolute atomic E-state index is 5.48. The summed E-state index contributed by atoms with van der Waals surface area (Å²) in [5.41, 5.74) is 0. The third kappa shape index (κ3) is 4.17. The molecule has 0 radical (unpaired) electrons. The zero-order valence-corrected chi connectivity index (χ0v) is 14.0. The summed E-state index contributed by atoms with van der Waals surface area (Å²) >= 11 is 3.44. The molecule has 112 valence electrons. The van der Waals surface area contributed by atoms with E-state index in [1.54, 1.807) is 0 Å². The summed E-state index contributed by atoms with van der Waals surface area (Å²) in [4.78, 5) is 9.44. The number of aromatic nitrogens is 1. The zero-order valence-electron chi connectivity index (χ0n) is 12.4. The van der Waals surface area contributed by atoms with Gasteiger partial charge in [-0.2, -0.15) is 0 Å². The molecule has 1 aliphatic rings. The molecule has 5 heteroatoms. The van der Waals surface area contributed by atoms with Gasteiger partial charge >= 0.3 is 0 Å². The minimum absolute atomic E-state index is 0.592. The van der Waals surface area contributed by atoms with E-state index in [2.05, 4.69) is 56.7 Å². The molecule has 1 aromatic heterocycles. The Morgan fingerprint density at radius 3 is 2.85 bits per heavy atom. The maximum Gasteiger partial charge on any atom is 0.128 e. The van der Waals surface area contributed by atoms with Crippen LogP contribution < -0.4 is 4.90 Å². The largest absolute Gasteiger partial charge is 0.380 e. The minimum atomic E-state index is 0.592. The van der Waals surface area contributed by atoms with E-state index in [9.17, 15) is 0 Å². The highest BCUT2D eigenvalue weighted by atomic mass is 79.9. The first-order valence-electron chi connectivity index (χ1n) is 7.42. The molecule has 1 atom stereocenters. The number of pyridine rings is 1. The van der Waals surface area contributed by atoms with E-state index >= 15 is 0 Å². The number of hydrogen-bond donors (Lipinski definition) is 0. The van der Waals surface area contributed by atoms with Gasteiger partial charge in [-0.1, -0.05) is 6.92 Å². The van der Waals surface area contributed by atoms with E-state index < -0.39 is 0 Å². The molecular weight excluding hydrogens is 318 g/mol. The van der Waals surface area contributed by atoms with Crippen LogP contribution in [0.1, 0.15) is 20.3 Å². The fourth-order valence-electron chi connectivity index (χ4n) is 2.66. The van der Waals surface area contributed by atoms with E-state index in [4.69, 9.17) is 4.74 Å². The third-order valence-electron chi connectivity index (χ3n) is 3.84. The number of piperazine rings is 1. The Hall–Kier alpha value is -0.650. The second-order valence-electron chi connectivity index (χ2n) is 5.08. The standard InChI is InChI=1S/C15H24BrN3O/c1-3-14-12-19(15-6-5-13(16)11-17-15)8-7-18(14)9-10-20-4-2/h5-6,11,14H,3-4,7-10,12H2,1-2H3/t14-/m0/s1. The molecule has 1 aromatic rings. The van der Waals surface area contributed by atoms with Crippen LogP contribution in [0.25, 0.3) is 0 Å². The Labute approximate surface area is 130 Å². The van der Waals surface area contributed by atoms with Crippen LogP contribution in [-0.4, -0.2) is 55.3 Å². The topological polar surface area (TPSA) is 28.6 Å². The van der Waals surface area contributed by atoms with Crippen molar-refractivity contribution in [3.63, 3.8) is 0 Å². The van der Waals surface area contributed by atoms with E-state index in [0.29, 0.717) is 6.04 Å². The van der Waals surface area contributed by atoms with Gasteiger partial charge in [-0.25, -0.2) is 4.98 Å². The van der Waals surface area contributed by atoms with E-state index in [-0.39, 0.29) is 0 Å². The Bertz CT molecular complexity index is 399. The molecule has 0 N–H and O–H groups in total. The molecule has 0 aromatic carbocycles. The average Bonchev–Trinajstić information content (AvgIpc) is 2.48. The fourth-order valence-corrected chi connectivity index (χ4v) is 2.90. The number of halogens is 1. The number of ether oxygens (including phenoxy) is 1. The van der Waals surface area contributed by atoms with Crippen molar-refractivity contribution < 1.29 is 4.74 Å². The quantitative estimate of drug-likeness (QED) is 0.744. The summed E-state index contributed by atoms with van der Waals surface area (Å²) in [7, 11) is 0. The van der Waals surface area contributed by atoms with E-state index in [0.717, 1.165) is 49.7 Å². The molecule has 0 aliphatic carbocycles. The second kappa shape index (κ2) is 7.96. The molecule has 0 saturated carbocycles. The number of hydrogen-bond acceptors (Lipinski definition) is 4. The van der Waals surface area contributed by atoms with Crippen molar-refractivity contribution in [3.05, 3.63) is 22.8 Å². The Morgan fingerprint density at radius 2 is 2.20 bits per heavy atom. The van der Waals surface area contributed by atoms with Crippen molar-refractivity contribution in [2.45, 2.75) is 26.3 Å². The van der Waals surface area contributed by atoms with Gasteiger partial charge in [-0.3, -0.25) is 4.90 Å². The minimum Gasteiger partial charge on any atom is -0.380 e.